The molecule has 3 aromatic rings. The van der Waals surface area contributed by atoms with Crippen molar-refractivity contribution < 1.29 is 9.53 Å². The van der Waals surface area contributed by atoms with Crippen LogP contribution in [0.2, 0.25) is 5.02 Å². The van der Waals surface area contributed by atoms with E-state index in [1.165, 1.54) is 0 Å². The third-order valence-corrected chi connectivity index (χ3v) is 4.54. The molecule has 8 heteroatoms. The van der Waals surface area contributed by atoms with E-state index in [2.05, 4.69) is 15.5 Å². The van der Waals surface area contributed by atoms with Crippen LogP contribution in [-0.2, 0) is 19.8 Å². The van der Waals surface area contributed by atoms with E-state index in [4.69, 9.17) is 16.3 Å². The summed E-state index contributed by atoms with van der Waals surface area (Å²) in [6, 6.07) is 7.08. The van der Waals surface area contributed by atoms with Crippen molar-refractivity contribution in [2.24, 2.45) is 0 Å². The van der Waals surface area contributed by atoms with E-state index in [1.807, 2.05) is 37.6 Å². The van der Waals surface area contributed by atoms with E-state index in [0.29, 0.717) is 17.3 Å². The van der Waals surface area contributed by atoms with E-state index < -0.39 is 0 Å². The maximum absolute atomic E-state index is 12.3. The Hall–Kier alpha value is -2.80. The van der Waals surface area contributed by atoms with Crippen LogP contribution >= 0.6 is 11.6 Å². The number of nitrogens with zero attached hydrogens (tertiary/aromatic N) is 4. The van der Waals surface area contributed by atoms with Crippen LogP contribution in [-0.4, -0.2) is 25.5 Å². The zero-order valence-electron chi connectivity index (χ0n) is 15.6. The largest absolute Gasteiger partial charge is 0.471 e. The molecule has 2 aromatic heterocycles. The number of amides is 1. The molecule has 0 aliphatic carbocycles. The fourth-order valence-electron chi connectivity index (χ4n) is 2.71. The number of halogens is 1. The first-order valence-electron chi connectivity index (χ1n) is 8.69. The molecule has 3 rings (SSSR count). The zero-order valence-corrected chi connectivity index (χ0v) is 16.3. The second-order valence-electron chi connectivity index (χ2n) is 6.18. The Morgan fingerprint density at radius 3 is 2.81 bits per heavy atom. The molecule has 0 fully saturated rings. The normalized spacial score (nSPS) is 10.8. The summed E-state index contributed by atoms with van der Waals surface area (Å²) in [6.45, 7) is 7.37. The van der Waals surface area contributed by atoms with Crippen LogP contribution in [0, 0.1) is 13.8 Å². The van der Waals surface area contributed by atoms with Gasteiger partial charge in [0.15, 0.2) is 6.73 Å². The van der Waals surface area contributed by atoms with Gasteiger partial charge in [0.05, 0.1) is 6.20 Å². The highest BCUT2D eigenvalue weighted by Crippen LogP contribution is 2.22. The second kappa shape index (κ2) is 8.26. The minimum Gasteiger partial charge on any atom is -0.471 e. The van der Waals surface area contributed by atoms with Crippen LogP contribution in [0.4, 0.5) is 0 Å². The molecule has 2 heterocycles. The molecule has 0 bridgehead atoms. The van der Waals surface area contributed by atoms with Gasteiger partial charge in [-0.1, -0.05) is 11.6 Å². The zero-order chi connectivity index (χ0) is 19.4. The highest BCUT2D eigenvalue weighted by Gasteiger charge is 2.12. The Morgan fingerprint density at radius 1 is 1.30 bits per heavy atom. The van der Waals surface area contributed by atoms with Gasteiger partial charge in [-0.15, -0.1) is 0 Å². The summed E-state index contributed by atoms with van der Waals surface area (Å²) < 4.78 is 9.20. The fraction of sp³-hybridized carbons (Fsp3) is 0.316. The van der Waals surface area contributed by atoms with Gasteiger partial charge >= 0.3 is 0 Å². The topological polar surface area (TPSA) is 74.0 Å². The molecule has 0 saturated heterocycles. The number of aromatic nitrogens is 4. The number of nitrogens with one attached hydrogen (secondary N) is 1. The van der Waals surface area contributed by atoms with Gasteiger partial charge in [-0.3, -0.25) is 9.48 Å². The summed E-state index contributed by atoms with van der Waals surface area (Å²) in [7, 11) is 0. The summed E-state index contributed by atoms with van der Waals surface area (Å²) in [6.07, 6.45) is 3.49. The molecule has 0 unspecified atom stereocenters. The van der Waals surface area contributed by atoms with Crippen LogP contribution in [0.5, 0.6) is 5.75 Å². The van der Waals surface area contributed by atoms with Crippen molar-refractivity contribution in [2.45, 2.75) is 40.6 Å². The molecule has 1 amide bonds. The van der Waals surface area contributed by atoms with Crippen molar-refractivity contribution in [3.8, 4) is 5.75 Å². The Labute approximate surface area is 162 Å². The lowest BCUT2D eigenvalue weighted by Crippen LogP contribution is -2.24. The van der Waals surface area contributed by atoms with Crippen molar-refractivity contribution in [1.29, 1.82) is 0 Å². The van der Waals surface area contributed by atoms with Gasteiger partial charge in [0, 0.05) is 35.6 Å². The van der Waals surface area contributed by atoms with Gasteiger partial charge in [-0.05, 0) is 50.6 Å². The molecule has 0 spiro atoms. The van der Waals surface area contributed by atoms with Gasteiger partial charge in [-0.2, -0.15) is 10.2 Å². The van der Waals surface area contributed by atoms with Gasteiger partial charge in [0.1, 0.15) is 11.4 Å². The standard InChI is InChI=1S/C19H22ClN5O2/c1-4-25-14(3)15(11-22-25)10-21-19(26)17-7-8-24(23-17)12-27-18-6-5-16(20)9-13(18)2/h5-9,11H,4,10,12H2,1-3H3,(H,21,26). The van der Waals surface area contributed by atoms with Crippen molar-refractivity contribution in [1.82, 2.24) is 24.9 Å². The maximum atomic E-state index is 12.3. The second-order valence-corrected chi connectivity index (χ2v) is 6.61. The van der Waals surface area contributed by atoms with Crippen LogP contribution in [0.25, 0.3) is 0 Å². The summed E-state index contributed by atoms with van der Waals surface area (Å²) in [5.74, 6) is 0.490. The molecule has 0 atom stereocenters. The number of hydrogen-bond donors (Lipinski definition) is 1. The first-order chi connectivity index (χ1) is 13.0. The van der Waals surface area contributed by atoms with E-state index in [9.17, 15) is 4.79 Å². The lowest BCUT2D eigenvalue weighted by atomic mass is 10.2. The average Bonchev–Trinajstić information content (AvgIpc) is 3.26. The monoisotopic (exact) mass is 387 g/mol. The van der Waals surface area contributed by atoms with Gasteiger partial charge in [0.25, 0.3) is 5.91 Å². The summed E-state index contributed by atoms with van der Waals surface area (Å²) in [5.41, 5.74) is 3.32. The third-order valence-electron chi connectivity index (χ3n) is 4.31. The van der Waals surface area contributed by atoms with Crippen LogP contribution in [0.15, 0.2) is 36.7 Å². The Bertz CT molecular complexity index is 947. The molecule has 142 valence electrons. The van der Waals surface area contributed by atoms with Crippen LogP contribution in [0.1, 0.15) is 34.2 Å². The molecule has 1 N–H and O–H groups in total. The van der Waals surface area contributed by atoms with Crippen LogP contribution in [0.3, 0.4) is 0 Å². The smallest absolute Gasteiger partial charge is 0.272 e. The first kappa shape index (κ1) is 19.0. The molecule has 1 aromatic carbocycles. The number of hydrogen-bond acceptors (Lipinski definition) is 4. The SMILES string of the molecule is CCn1ncc(CNC(=O)c2ccn(COc3ccc(Cl)cc3C)n2)c1C. The van der Waals surface area contributed by atoms with Crippen molar-refractivity contribution in [2.75, 3.05) is 0 Å². The number of carbonyl (C=O) groups is 1. The highest BCUT2D eigenvalue weighted by molar-refractivity contribution is 6.30. The van der Waals surface area contributed by atoms with Crippen molar-refractivity contribution in [3.63, 3.8) is 0 Å². The van der Waals surface area contributed by atoms with Crippen molar-refractivity contribution in [3.05, 3.63) is 64.2 Å². The molecule has 0 radical (unpaired) electrons. The lowest BCUT2D eigenvalue weighted by molar-refractivity contribution is 0.0943. The first-order valence-corrected chi connectivity index (χ1v) is 9.07. The van der Waals surface area contributed by atoms with Gasteiger partial charge in [-0.25, -0.2) is 4.68 Å². The summed E-state index contributed by atoms with van der Waals surface area (Å²) in [5, 5.41) is 12.1. The number of rotatable bonds is 7. The maximum Gasteiger partial charge on any atom is 0.272 e. The summed E-state index contributed by atoms with van der Waals surface area (Å²) in [4.78, 5) is 12.3. The number of ether oxygens (including phenoxy) is 1. The Morgan fingerprint density at radius 2 is 2.11 bits per heavy atom. The quantitative estimate of drug-likeness (QED) is 0.674. The number of benzene rings is 1. The lowest BCUT2D eigenvalue weighted by Gasteiger charge is -2.09. The average molecular weight is 388 g/mol. The molecule has 7 nitrogen and oxygen atoms in total. The predicted molar refractivity (Wildman–Crippen MR) is 103 cm³/mol. The van der Waals surface area contributed by atoms with E-state index >= 15 is 0 Å². The molecule has 0 saturated carbocycles. The Kier molecular flexibility index (Phi) is 5.81. The molecule has 0 aliphatic rings. The molecule has 0 aliphatic heterocycles. The Balaban J connectivity index is 1.56. The van der Waals surface area contributed by atoms with E-state index in [0.717, 1.165) is 29.1 Å². The molecule has 27 heavy (non-hydrogen) atoms. The highest BCUT2D eigenvalue weighted by atomic mass is 35.5. The van der Waals surface area contributed by atoms with Crippen LogP contribution < -0.4 is 10.1 Å². The van der Waals surface area contributed by atoms with Crippen molar-refractivity contribution >= 4 is 17.5 Å². The molecular formula is C19H22ClN5O2. The predicted octanol–water partition coefficient (Wildman–Crippen LogP) is 3.34. The van der Waals surface area contributed by atoms with E-state index in [1.54, 1.807) is 29.2 Å². The fourth-order valence-corrected chi connectivity index (χ4v) is 2.94. The number of carbonyl (C=O) groups excluding carboxylic acids is 1. The van der Waals surface area contributed by atoms with Gasteiger partial charge in [0.2, 0.25) is 0 Å². The summed E-state index contributed by atoms with van der Waals surface area (Å²) >= 11 is 5.94. The minimum atomic E-state index is -0.236. The number of aryl methyl sites for hydroxylation is 2. The molecular weight excluding hydrogens is 366 g/mol. The van der Waals surface area contributed by atoms with E-state index in [-0.39, 0.29) is 12.6 Å². The third kappa shape index (κ3) is 4.49. The van der Waals surface area contributed by atoms with Gasteiger partial charge < -0.3 is 10.1 Å². The minimum absolute atomic E-state index is 0.206.